The first-order chi connectivity index (χ1) is 26.3. The monoisotopic (exact) mass is 798 g/mol. The van der Waals surface area contributed by atoms with Crippen molar-refractivity contribution in [1.29, 1.82) is 0 Å². The van der Waals surface area contributed by atoms with Crippen LogP contribution in [0.15, 0.2) is 12.7 Å². The van der Waals surface area contributed by atoms with Gasteiger partial charge in [0.25, 0.3) is 5.91 Å². The number of hydrogen-bond donors (Lipinski definition) is 4. The van der Waals surface area contributed by atoms with E-state index in [1.54, 1.807) is 11.0 Å². The third-order valence-electron chi connectivity index (χ3n) is 15.5. The van der Waals surface area contributed by atoms with E-state index < -0.39 is 68.0 Å². The number of nitrogens with zero attached hydrogens (tertiary/aromatic N) is 2. The zero-order valence-corrected chi connectivity index (χ0v) is 35.2. The van der Waals surface area contributed by atoms with Gasteiger partial charge in [-0.15, -0.1) is 6.58 Å². The number of hydrogen-bond acceptors (Lipinski definition) is 8. The molecule has 7 aliphatic rings. The number of amides is 5. The van der Waals surface area contributed by atoms with E-state index in [9.17, 15) is 27.6 Å². The summed E-state index contributed by atoms with van der Waals surface area (Å²) in [6.07, 6.45) is 14.5. The molecule has 13 nitrogen and oxygen atoms in total. The Kier molecular flexibility index (Phi) is 10.8. The van der Waals surface area contributed by atoms with Gasteiger partial charge in [-0.3, -0.25) is 33.6 Å². The fourth-order valence-electron chi connectivity index (χ4n) is 11.4. The number of fused-ring (bicyclic) bond motifs is 2. The number of rotatable bonds is 9. The minimum atomic E-state index is -3.86. The third-order valence-corrected chi connectivity index (χ3v) is 17.4. The molecular weight excluding hydrogens is 733 g/mol. The molecule has 3 aliphatic heterocycles. The Hall–Kier alpha value is -3.00. The molecule has 0 aromatic heterocycles. The highest BCUT2D eigenvalue weighted by atomic mass is 32.2. The average molecular weight is 799 g/mol. The van der Waals surface area contributed by atoms with Gasteiger partial charge in [0, 0.05) is 17.9 Å². The molecule has 4 N–H and O–H groups in total. The second-order valence-electron chi connectivity index (χ2n) is 20.0. The average Bonchev–Trinajstić information content (AvgIpc) is 4.06. The van der Waals surface area contributed by atoms with Gasteiger partial charge in [0.1, 0.15) is 23.7 Å². The first kappa shape index (κ1) is 41.2. The highest BCUT2D eigenvalue weighted by Gasteiger charge is 2.85. The molecule has 0 radical (unpaired) electrons. The number of nitrogens with one attached hydrogen (secondary N) is 4. The van der Waals surface area contributed by atoms with Crippen LogP contribution < -0.4 is 20.7 Å². The normalized spacial score (nSPS) is 34.7. The largest absolute Gasteiger partial charge is 0.343 e. The van der Waals surface area contributed by atoms with Crippen molar-refractivity contribution in [3.8, 4) is 0 Å². The molecule has 7 rings (SSSR count). The second-order valence-corrected chi connectivity index (χ2v) is 21.9. The summed E-state index contributed by atoms with van der Waals surface area (Å²) in [5.41, 5.74) is -2.68. The van der Waals surface area contributed by atoms with Gasteiger partial charge in [0.2, 0.25) is 33.7 Å². The van der Waals surface area contributed by atoms with Crippen LogP contribution in [0, 0.1) is 27.6 Å². The highest BCUT2D eigenvalue weighted by Crippen LogP contribution is 2.88. The Balaban J connectivity index is 1.13. The molecule has 14 heteroatoms. The summed E-state index contributed by atoms with van der Waals surface area (Å²) in [6, 6.07) is -3.01. The molecular formula is C42H66N6O7S. The Bertz CT molecular complexity index is 1730. The predicted octanol–water partition coefficient (Wildman–Crippen LogP) is 3.68. The van der Waals surface area contributed by atoms with Crippen molar-refractivity contribution in [2.75, 3.05) is 19.6 Å². The van der Waals surface area contributed by atoms with Gasteiger partial charge < -0.3 is 20.9 Å². The fourth-order valence-corrected chi connectivity index (χ4v) is 12.8. The number of piperidine rings is 1. The van der Waals surface area contributed by atoms with E-state index in [1.165, 1.54) is 0 Å². The summed E-state index contributed by atoms with van der Waals surface area (Å²) in [5, 5.41) is 8.52. The minimum absolute atomic E-state index is 0.00433. The van der Waals surface area contributed by atoms with Crippen LogP contribution in [0.1, 0.15) is 137 Å². The minimum Gasteiger partial charge on any atom is -0.343 e. The highest BCUT2D eigenvalue weighted by molar-refractivity contribution is 7.91. The van der Waals surface area contributed by atoms with E-state index in [0.29, 0.717) is 32.2 Å². The molecule has 3 heterocycles. The van der Waals surface area contributed by atoms with Gasteiger partial charge in [-0.1, -0.05) is 79.2 Å². The lowest BCUT2D eigenvalue weighted by atomic mass is 9.73. The maximum Gasteiger partial charge on any atom is 0.259 e. The van der Waals surface area contributed by atoms with Crippen molar-refractivity contribution in [3.05, 3.63) is 12.7 Å². The van der Waals surface area contributed by atoms with Crippen molar-refractivity contribution in [3.63, 3.8) is 0 Å². The van der Waals surface area contributed by atoms with Crippen molar-refractivity contribution < 1.29 is 32.4 Å². The van der Waals surface area contributed by atoms with Gasteiger partial charge in [0.15, 0.2) is 0 Å². The van der Waals surface area contributed by atoms with Gasteiger partial charge in [-0.2, -0.15) is 0 Å². The molecule has 2 spiro atoms. The standard InChI is InChI=1S/C42H66N6O7S/c1-7-27-24-42(27,37(53)46-56(54,55)28-18-19-28)45-35(51)31-25-41(39(5,6)40(41)20-15-21-40)26-48(31)36(52)32(38(2,3)4)44-33(49)29-16-11-9-8-10-13-22-47-23-14-12-17-30(47)34(50)43-29/h7,27-32H,1,8-26H2,2-6H3,(H,43,50)(H,44,49)(H,45,51)(H,46,53)/t27-,29+,30+,31+,32-,41-,42-/m1/s1. The van der Waals surface area contributed by atoms with E-state index in [0.717, 1.165) is 83.7 Å². The van der Waals surface area contributed by atoms with Gasteiger partial charge in [-0.25, -0.2) is 8.42 Å². The Labute approximate surface area is 333 Å². The summed E-state index contributed by atoms with van der Waals surface area (Å²) in [6.45, 7) is 16.1. The zero-order valence-electron chi connectivity index (χ0n) is 34.3. The topological polar surface area (TPSA) is 174 Å². The van der Waals surface area contributed by atoms with Gasteiger partial charge in [-0.05, 0) is 93.5 Å². The number of sulfonamides is 1. The maximum absolute atomic E-state index is 15.1. The maximum atomic E-state index is 15.1. The number of carbonyl (C=O) groups is 5. The molecule has 7 fully saturated rings. The molecule has 0 bridgehead atoms. The molecule has 4 aliphatic carbocycles. The van der Waals surface area contributed by atoms with Crippen molar-refractivity contribution in [2.24, 2.45) is 27.6 Å². The molecule has 0 unspecified atom stereocenters. The third kappa shape index (κ3) is 7.00. The van der Waals surface area contributed by atoms with E-state index in [2.05, 4.69) is 46.0 Å². The first-order valence-corrected chi connectivity index (χ1v) is 23.0. The number of carbonyl (C=O) groups excluding carboxylic acids is 5. The molecule has 3 saturated heterocycles. The summed E-state index contributed by atoms with van der Waals surface area (Å²) < 4.78 is 27.8. The molecule has 312 valence electrons. The summed E-state index contributed by atoms with van der Waals surface area (Å²) in [7, 11) is -3.86. The Morgan fingerprint density at radius 2 is 1.52 bits per heavy atom. The molecule has 5 amide bonds. The number of likely N-dealkylation sites (tertiary alicyclic amines) is 1. The van der Waals surface area contributed by atoms with E-state index in [4.69, 9.17) is 0 Å². The lowest BCUT2D eigenvalue weighted by Gasteiger charge is -2.38. The van der Waals surface area contributed by atoms with E-state index >= 15 is 4.79 Å². The van der Waals surface area contributed by atoms with Crippen LogP contribution >= 0.6 is 0 Å². The SMILES string of the molecule is C=C[C@@H]1C[C@]1(NC(=O)[C@@H]1C[C@@]2(CN1C(=O)[C@@H](NC(=O)[C@@H]1CCCCCCCN3CCCC[C@H]3C(=O)N1)C(C)(C)C)C(C)(C)C21CCC1)C(=O)NS(=O)(=O)C1CC1. The van der Waals surface area contributed by atoms with Crippen LogP contribution in [0.3, 0.4) is 0 Å². The van der Waals surface area contributed by atoms with Crippen LogP contribution in [-0.4, -0.2) is 102 Å². The molecule has 7 atom stereocenters. The summed E-state index contributed by atoms with van der Waals surface area (Å²) in [4.78, 5) is 75.3. The van der Waals surface area contributed by atoms with Crippen LogP contribution in [0.4, 0.5) is 0 Å². The van der Waals surface area contributed by atoms with Crippen LogP contribution in [0.5, 0.6) is 0 Å². The van der Waals surface area contributed by atoms with Crippen LogP contribution in [0.2, 0.25) is 0 Å². The Morgan fingerprint density at radius 1 is 0.875 bits per heavy atom. The van der Waals surface area contributed by atoms with Gasteiger partial charge >= 0.3 is 0 Å². The van der Waals surface area contributed by atoms with Crippen LogP contribution in [-0.2, 0) is 34.0 Å². The fraction of sp³-hybridized carbons (Fsp3) is 0.833. The molecule has 0 aromatic carbocycles. The lowest BCUT2D eigenvalue weighted by Crippen LogP contribution is -2.62. The van der Waals surface area contributed by atoms with Crippen LogP contribution in [0.25, 0.3) is 0 Å². The molecule has 56 heavy (non-hydrogen) atoms. The zero-order chi connectivity index (χ0) is 40.5. The van der Waals surface area contributed by atoms with Crippen molar-refractivity contribution in [2.45, 2.75) is 172 Å². The Morgan fingerprint density at radius 3 is 2.11 bits per heavy atom. The quantitative estimate of drug-likeness (QED) is 0.256. The molecule has 4 saturated carbocycles. The molecule has 0 aromatic rings. The van der Waals surface area contributed by atoms with Crippen molar-refractivity contribution in [1.82, 2.24) is 30.5 Å². The predicted molar refractivity (Wildman–Crippen MR) is 212 cm³/mol. The van der Waals surface area contributed by atoms with Crippen molar-refractivity contribution >= 4 is 39.6 Å². The summed E-state index contributed by atoms with van der Waals surface area (Å²) >= 11 is 0. The second kappa shape index (κ2) is 14.7. The smallest absolute Gasteiger partial charge is 0.259 e. The van der Waals surface area contributed by atoms with E-state index in [-0.39, 0.29) is 40.5 Å². The summed E-state index contributed by atoms with van der Waals surface area (Å²) in [5.74, 6) is -2.64. The van der Waals surface area contributed by atoms with E-state index in [1.807, 2.05) is 20.8 Å². The first-order valence-electron chi connectivity index (χ1n) is 21.5. The van der Waals surface area contributed by atoms with Gasteiger partial charge in [0.05, 0.1) is 11.3 Å². The lowest BCUT2D eigenvalue weighted by molar-refractivity contribution is -0.145.